The Morgan fingerprint density at radius 2 is 1.27 bits per heavy atom. The lowest BCUT2D eigenvalue weighted by Gasteiger charge is -2.27. The second kappa shape index (κ2) is 17.0. The Bertz CT molecular complexity index is 2020. The lowest BCUT2D eigenvalue weighted by Crippen LogP contribution is -2.19. The summed E-state index contributed by atoms with van der Waals surface area (Å²) >= 11 is 38.5. The monoisotopic (exact) mass is 792 g/mol. The predicted molar refractivity (Wildman–Crippen MR) is 206 cm³/mol. The predicted octanol–water partition coefficient (Wildman–Crippen LogP) is 11.3. The van der Waals surface area contributed by atoms with Crippen molar-refractivity contribution in [2.75, 3.05) is 29.7 Å². The molecule has 49 heavy (non-hydrogen) atoms. The third-order valence-corrected chi connectivity index (χ3v) is 10.5. The first kappa shape index (κ1) is 37.5. The molecule has 4 aromatic carbocycles. The quantitative estimate of drug-likeness (QED) is 0.0814. The molecule has 0 heterocycles. The number of alkyl halides is 2. The molecule has 0 fully saturated rings. The summed E-state index contributed by atoms with van der Waals surface area (Å²) < 4.78 is 39.5. The number of anilines is 2. The summed E-state index contributed by atoms with van der Waals surface area (Å²) in [4.78, 5) is 1.67. The zero-order valence-electron chi connectivity index (χ0n) is 25.9. The third-order valence-electron chi connectivity index (χ3n) is 7.81. The van der Waals surface area contributed by atoms with E-state index in [0.29, 0.717) is 85.9 Å². The molecule has 0 amide bonds. The average molecular weight is 795 g/mol. The standard InChI is InChI=1S/C37H30Cl6N2O3S/c38-21-5-23-44(36-30(40)8-3-9-31(36)41)27-17-13-25(14-18-27)35(29-7-1-2-12-34(29)49(46,47)48)26-15-19-28(20-16-26)45(24-6-22-39)37-32(42)10-4-11-33(37)43/h1-4,7-20H,5-6,21-24H2. The minimum atomic E-state index is -4.82. The lowest BCUT2D eigenvalue weighted by atomic mass is 9.90. The molecule has 0 spiro atoms. The molecule has 0 bridgehead atoms. The maximum Gasteiger partial charge on any atom is 0.243 e. The number of rotatable bonds is 12. The van der Waals surface area contributed by atoms with E-state index >= 15 is 0 Å². The van der Waals surface area contributed by atoms with Crippen molar-refractivity contribution in [1.29, 1.82) is 0 Å². The number of halogens is 6. The van der Waals surface area contributed by atoms with E-state index in [1.807, 2.05) is 58.0 Å². The second-order valence-corrected chi connectivity index (χ2v) is 14.7. The van der Waals surface area contributed by atoms with Gasteiger partial charge in [-0.1, -0.05) is 88.9 Å². The molecule has 0 radical (unpaired) electrons. The van der Waals surface area contributed by atoms with Crippen LogP contribution in [0.25, 0.3) is 5.57 Å². The Morgan fingerprint density at radius 3 is 1.84 bits per heavy atom. The molecule has 5 nitrogen and oxygen atoms in total. The zero-order valence-corrected chi connectivity index (χ0v) is 31.3. The molecular weight excluding hydrogens is 765 g/mol. The largest absolute Gasteiger partial charge is 0.744 e. The first-order chi connectivity index (χ1) is 23.5. The van der Waals surface area contributed by atoms with Gasteiger partial charge in [-0.05, 0) is 77.7 Å². The van der Waals surface area contributed by atoms with E-state index in [4.69, 9.17) is 69.6 Å². The van der Waals surface area contributed by atoms with Gasteiger partial charge in [0.2, 0.25) is 11.4 Å². The maximum absolute atomic E-state index is 12.5. The smallest absolute Gasteiger partial charge is 0.243 e. The Morgan fingerprint density at radius 1 is 0.694 bits per heavy atom. The van der Waals surface area contributed by atoms with Crippen molar-refractivity contribution in [1.82, 2.24) is 0 Å². The first-order valence-corrected chi connectivity index (χ1v) is 19.2. The topological polar surface area (TPSA) is 63.5 Å². The molecule has 12 heteroatoms. The fourth-order valence-electron chi connectivity index (χ4n) is 5.65. The number of hydrogen-bond acceptors (Lipinski definition) is 4. The Hall–Kier alpha value is -2.78. The summed E-state index contributed by atoms with van der Waals surface area (Å²) in [5.74, 6) is 0.883. The Labute approximate surface area is 317 Å². The van der Waals surface area contributed by atoms with Gasteiger partial charge in [0.15, 0.2) is 6.54 Å². The van der Waals surface area contributed by atoms with Crippen LogP contribution in [0.1, 0.15) is 24.0 Å². The second-order valence-electron chi connectivity index (χ2n) is 10.9. The molecule has 0 saturated heterocycles. The van der Waals surface area contributed by atoms with Crippen molar-refractivity contribution in [3.8, 4) is 0 Å². The van der Waals surface area contributed by atoms with E-state index in [0.717, 1.165) is 11.4 Å². The summed E-state index contributed by atoms with van der Waals surface area (Å²) in [7, 11) is -4.82. The summed E-state index contributed by atoms with van der Waals surface area (Å²) in [5, 5.41) is 1.97. The minimum absolute atomic E-state index is 0.277. The summed E-state index contributed by atoms with van der Waals surface area (Å²) in [5.41, 5.74) is 5.11. The molecule has 0 saturated carbocycles. The molecule has 0 N–H and O–H groups in total. The van der Waals surface area contributed by atoms with Crippen LogP contribution in [0.2, 0.25) is 20.1 Å². The number of nitrogens with zero attached hydrogens (tertiary/aromatic N) is 2. The van der Waals surface area contributed by atoms with Gasteiger partial charge >= 0.3 is 0 Å². The summed E-state index contributed by atoms with van der Waals surface area (Å²) in [6.07, 6.45) is 8.90. The van der Waals surface area contributed by atoms with Crippen LogP contribution >= 0.6 is 69.6 Å². The Kier molecular flexibility index (Phi) is 13.0. The Balaban J connectivity index is 1.67. The van der Waals surface area contributed by atoms with Crippen LogP contribution in [-0.4, -0.2) is 48.1 Å². The van der Waals surface area contributed by atoms with Gasteiger partial charge in [-0.15, -0.1) is 23.2 Å². The highest BCUT2D eigenvalue weighted by molar-refractivity contribution is 7.85. The fourth-order valence-corrected chi connectivity index (χ4v) is 7.78. The van der Waals surface area contributed by atoms with Crippen LogP contribution in [0.15, 0.2) is 120 Å². The van der Waals surface area contributed by atoms with E-state index in [-0.39, 0.29) is 10.5 Å². The van der Waals surface area contributed by atoms with Gasteiger partial charge in [0, 0.05) is 48.1 Å². The molecule has 0 aromatic heterocycles. The molecule has 0 atom stereocenters. The van der Waals surface area contributed by atoms with E-state index in [1.165, 1.54) is 12.1 Å². The van der Waals surface area contributed by atoms with Crippen molar-refractivity contribution >= 4 is 108 Å². The third kappa shape index (κ3) is 8.76. The van der Waals surface area contributed by atoms with Crippen LogP contribution in [-0.2, 0) is 10.1 Å². The van der Waals surface area contributed by atoms with Crippen molar-refractivity contribution in [2.45, 2.75) is 17.7 Å². The normalized spacial score (nSPS) is 12.8. The molecule has 0 unspecified atom stereocenters. The van der Waals surface area contributed by atoms with E-state index in [2.05, 4.69) is 0 Å². The zero-order chi connectivity index (χ0) is 35.1. The summed E-state index contributed by atoms with van der Waals surface area (Å²) in [6, 6.07) is 24.4. The highest BCUT2D eigenvalue weighted by atomic mass is 35.5. The number of para-hydroxylation sites is 2. The van der Waals surface area contributed by atoms with Crippen molar-refractivity contribution in [3.05, 3.63) is 146 Å². The van der Waals surface area contributed by atoms with Gasteiger partial charge in [-0.2, -0.15) is 4.58 Å². The van der Waals surface area contributed by atoms with Crippen LogP contribution in [0.5, 0.6) is 0 Å². The molecule has 4 aromatic rings. The van der Waals surface area contributed by atoms with Crippen LogP contribution < -0.4 is 4.90 Å². The van der Waals surface area contributed by atoms with Crippen molar-refractivity contribution in [2.24, 2.45) is 0 Å². The molecule has 1 aliphatic rings. The van der Waals surface area contributed by atoms with Gasteiger partial charge < -0.3 is 9.45 Å². The van der Waals surface area contributed by atoms with Gasteiger partial charge in [0.05, 0.1) is 20.6 Å². The van der Waals surface area contributed by atoms with E-state index < -0.39 is 10.1 Å². The average Bonchev–Trinajstić information content (AvgIpc) is 3.08. The van der Waals surface area contributed by atoms with Crippen molar-refractivity contribution < 1.29 is 17.5 Å². The van der Waals surface area contributed by atoms with Gasteiger partial charge in [0.25, 0.3) is 0 Å². The SMILES string of the molecule is O=S(=O)([O-])c1ccccc1C(=C1C=CC(=[N+](CCCCl)c2c(Cl)cccc2Cl)C=C1)c1ccc(N(CCCCl)c2c(Cl)cccc2Cl)cc1. The van der Waals surface area contributed by atoms with E-state index in [9.17, 15) is 13.0 Å². The van der Waals surface area contributed by atoms with Crippen LogP contribution in [0.4, 0.5) is 17.1 Å². The van der Waals surface area contributed by atoms with Gasteiger partial charge in [-0.3, -0.25) is 0 Å². The number of benzene rings is 4. The maximum atomic E-state index is 12.5. The lowest BCUT2D eigenvalue weighted by molar-refractivity contribution is -0.438. The van der Waals surface area contributed by atoms with Crippen LogP contribution in [0, 0.1) is 0 Å². The highest BCUT2D eigenvalue weighted by Crippen LogP contribution is 2.40. The molecular formula is C37H30Cl6N2O3S. The first-order valence-electron chi connectivity index (χ1n) is 15.2. The van der Waals surface area contributed by atoms with E-state index in [1.54, 1.807) is 48.5 Å². The molecule has 0 aliphatic heterocycles. The van der Waals surface area contributed by atoms with Crippen LogP contribution in [0.3, 0.4) is 0 Å². The number of allylic oxidation sites excluding steroid dienone is 5. The van der Waals surface area contributed by atoms with Gasteiger partial charge in [0.1, 0.15) is 20.2 Å². The number of hydrogen-bond donors (Lipinski definition) is 0. The molecule has 254 valence electrons. The minimum Gasteiger partial charge on any atom is -0.744 e. The molecule has 1 aliphatic carbocycles. The van der Waals surface area contributed by atoms with Gasteiger partial charge in [-0.25, -0.2) is 8.42 Å². The van der Waals surface area contributed by atoms with Crippen molar-refractivity contribution in [3.63, 3.8) is 0 Å². The highest BCUT2D eigenvalue weighted by Gasteiger charge is 2.24. The summed E-state index contributed by atoms with van der Waals surface area (Å²) in [6.45, 7) is 1.11. The fraction of sp³-hybridized carbons (Fsp3) is 0.162. The molecule has 5 rings (SSSR count).